The van der Waals surface area contributed by atoms with Crippen LogP contribution in [0, 0.1) is 0 Å². The van der Waals surface area contributed by atoms with Crippen molar-refractivity contribution in [1.29, 1.82) is 0 Å². The van der Waals surface area contributed by atoms with Gasteiger partial charge in [0.15, 0.2) is 0 Å². The smallest absolute Gasteiger partial charge is 0.139 e. The first-order chi connectivity index (χ1) is 5.29. The van der Waals surface area contributed by atoms with Crippen molar-refractivity contribution in [2.24, 2.45) is 0 Å². The number of likely N-dealkylation sites (N-methyl/N-ethyl adjacent to an activating group) is 1. The Morgan fingerprint density at radius 1 is 1.45 bits per heavy atom. The van der Waals surface area contributed by atoms with Crippen molar-refractivity contribution in [1.82, 2.24) is 0 Å². The van der Waals surface area contributed by atoms with Crippen molar-refractivity contribution in [3.05, 3.63) is 23.8 Å². The van der Waals surface area contributed by atoms with Gasteiger partial charge in [-0.25, -0.2) is 0 Å². The Hall–Kier alpha value is -1.18. The molecule has 0 fully saturated rings. The number of nitrogens with zero attached hydrogens (tertiary/aromatic N) is 1. The monoisotopic (exact) mass is 149 g/mol. The van der Waals surface area contributed by atoms with Gasteiger partial charge in [-0.05, 0) is 18.1 Å². The summed E-state index contributed by atoms with van der Waals surface area (Å²) in [5, 5.41) is 9.46. The first-order valence-corrected chi connectivity index (χ1v) is 3.81. The molecule has 0 aliphatic carbocycles. The minimum absolute atomic E-state index is 0.405. The van der Waals surface area contributed by atoms with Crippen LogP contribution in [0.2, 0.25) is 0 Å². The van der Waals surface area contributed by atoms with Gasteiger partial charge in [-0.3, -0.25) is 0 Å². The van der Waals surface area contributed by atoms with E-state index in [0.29, 0.717) is 5.75 Å². The first-order valence-electron chi connectivity index (χ1n) is 3.81. The minimum atomic E-state index is 0.405. The van der Waals surface area contributed by atoms with Gasteiger partial charge in [-0.15, -0.1) is 0 Å². The zero-order chi connectivity index (χ0) is 7.84. The van der Waals surface area contributed by atoms with E-state index >= 15 is 0 Å². The fraction of sp³-hybridized carbons (Fsp3) is 0.333. The average Bonchev–Trinajstić information content (AvgIpc) is 2.34. The highest BCUT2D eigenvalue weighted by molar-refractivity contribution is 5.65. The molecule has 1 aromatic rings. The summed E-state index contributed by atoms with van der Waals surface area (Å²) in [6.45, 7) is 1.02. The Labute approximate surface area is 66.1 Å². The number of phenols is 1. The number of rotatable bonds is 0. The molecule has 2 nitrogen and oxygen atoms in total. The van der Waals surface area contributed by atoms with Gasteiger partial charge in [0.25, 0.3) is 0 Å². The maximum absolute atomic E-state index is 9.46. The second-order valence-corrected chi connectivity index (χ2v) is 2.96. The molecule has 0 radical (unpaired) electrons. The molecule has 1 N–H and O–H groups in total. The molecule has 2 heteroatoms. The molecule has 0 spiro atoms. The lowest BCUT2D eigenvalue weighted by molar-refractivity contribution is 0.476. The predicted molar refractivity (Wildman–Crippen MR) is 45.1 cm³/mol. The zero-order valence-corrected chi connectivity index (χ0v) is 6.54. The van der Waals surface area contributed by atoms with Crippen LogP contribution in [-0.2, 0) is 6.42 Å². The number of fused-ring (bicyclic) bond motifs is 1. The van der Waals surface area contributed by atoms with Gasteiger partial charge in [0, 0.05) is 13.6 Å². The van der Waals surface area contributed by atoms with Gasteiger partial charge in [-0.2, -0.15) is 0 Å². The summed E-state index contributed by atoms with van der Waals surface area (Å²) in [5.41, 5.74) is 2.26. The van der Waals surface area contributed by atoms with Crippen molar-refractivity contribution < 1.29 is 5.11 Å². The van der Waals surface area contributed by atoms with Crippen LogP contribution in [0.1, 0.15) is 5.56 Å². The van der Waals surface area contributed by atoms with Crippen LogP contribution in [0.3, 0.4) is 0 Å². The van der Waals surface area contributed by atoms with Crippen molar-refractivity contribution >= 4 is 5.69 Å². The van der Waals surface area contributed by atoms with Crippen LogP contribution in [0.5, 0.6) is 5.75 Å². The number of hydrogen-bond acceptors (Lipinski definition) is 2. The van der Waals surface area contributed by atoms with E-state index in [0.717, 1.165) is 18.7 Å². The van der Waals surface area contributed by atoms with Gasteiger partial charge in [-0.1, -0.05) is 12.1 Å². The van der Waals surface area contributed by atoms with E-state index in [-0.39, 0.29) is 0 Å². The molecular weight excluding hydrogens is 138 g/mol. The Kier molecular flexibility index (Phi) is 1.28. The van der Waals surface area contributed by atoms with Gasteiger partial charge in [0.2, 0.25) is 0 Å². The maximum atomic E-state index is 9.46. The molecule has 0 bridgehead atoms. The SMILES string of the molecule is CN1CCc2cccc(O)c21. The van der Waals surface area contributed by atoms with E-state index in [1.165, 1.54) is 5.56 Å². The van der Waals surface area contributed by atoms with Crippen molar-refractivity contribution in [3.63, 3.8) is 0 Å². The molecule has 0 aromatic heterocycles. The maximum Gasteiger partial charge on any atom is 0.139 e. The highest BCUT2D eigenvalue weighted by Crippen LogP contribution is 2.34. The highest BCUT2D eigenvalue weighted by atomic mass is 16.3. The molecule has 0 saturated carbocycles. The van der Waals surface area contributed by atoms with Gasteiger partial charge in [0.05, 0.1) is 5.69 Å². The number of anilines is 1. The second-order valence-electron chi connectivity index (χ2n) is 2.96. The summed E-state index contributed by atoms with van der Waals surface area (Å²) in [6, 6.07) is 5.70. The lowest BCUT2D eigenvalue weighted by atomic mass is 10.1. The van der Waals surface area contributed by atoms with E-state index in [4.69, 9.17) is 0 Å². The third kappa shape index (κ3) is 0.862. The number of hydrogen-bond donors (Lipinski definition) is 1. The molecule has 1 aromatic carbocycles. The van der Waals surface area contributed by atoms with Crippen LogP contribution in [0.15, 0.2) is 18.2 Å². The van der Waals surface area contributed by atoms with Gasteiger partial charge >= 0.3 is 0 Å². The fourth-order valence-electron chi connectivity index (χ4n) is 1.62. The molecule has 11 heavy (non-hydrogen) atoms. The summed E-state index contributed by atoms with van der Waals surface area (Å²) in [4.78, 5) is 2.09. The zero-order valence-electron chi connectivity index (χ0n) is 6.54. The third-order valence-electron chi connectivity index (χ3n) is 2.20. The van der Waals surface area contributed by atoms with E-state index in [1.807, 2.05) is 13.1 Å². The average molecular weight is 149 g/mol. The molecule has 2 rings (SSSR count). The van der Waals surface area contributed by atoms with Crippen molar-refractivity contribution in [2.75, 3.05) is 18.5 Å². The lowest BCUT2D eigenvalue weighted by Crippen LogP contribution is -2.12. The quantitative estimate of drug-likeness (QED) is 0.602. The Balaban J connectivity index is 2.58. The standard InChI is InChI=1S/C9H11NO/c1-10-6-5-7-3-2-4-8(11)9(7)10/h2-4,11H,5-6H2,1H3. The van der Waals surface area contributed by atoms with Crippen molar-refractivity contribution in [2.45, 2.75) is 6.42 Å². The highest BCUT2D eigenvalue weighted by Gasteiger charge is 2.17. The molecule has 58 valence electrons. The lowest BCUT2D eigenvalue weighted by Gasteiger charge is -2.12. The van der Waals surface area contributed by atoms with Crippen LogP contribution in [0.25, 0.3) is 0 Å². The molecule has 0 atom stereocenters. The first kappa shape index (κ1) is 6.53. The van der Waals surface area contributed by atoms with E-state index < -0.39 is 0 Å². The van der Waals surface area contributed by atoms with E-state index in [2.05, 4.69) is 11.0 Å². The summed E-state index contributed by atoms with van der Waals surface area (Å²) in [6.07, 6.45) is 1.06. The molecular formula is C9H11NO. The number of phenolic OH excluding ortho intramolecular Hbond substituents is 1. The summed E-state index contributed by atoms with van der Waals surface area (Å²) in [5.74, 6) is 0.405. The number of benzene rings is 1. The summed E-state index contributed by atoms with van der Waals surface area (Å²) < 4.78 is 0. The Morgan fingerprint density at radius 3 is 3.00 bits per heavy atom. The van der Waals surface area contributed by atoms with Crippen LogP contribution >= 0.6 is 0 Å². The minimum Gasteiger partial charge on any atom is -0.506 e. The Morgan fingerprint density at radius 2 is 2.27 bits per heavy atom. The van der Waals surface area contributed by atoms with E-state index in [1.54, 1.807) is 6.07 Å². The summed E-state index contributed by atoms with van der Waals surface area (Å²) >= 11 is 0. The van der Waals surface area contributed by atoms with Gasteiger partial charge in [0.1, 0.15) is 5.75 Å². The van der Waals surface area contributed by atoms with Crippen LogP contribution < -0.4 is 4.90 Å². The largest absolute Gasteiger partial charge is 0.506 e. The van der Waals surface area contributed by atoms with Crippen LogP contribution in [-0.4, -0.2) is 18.7 Å². The van der Waals surface area contributed by atoms with Crippen LogP contribution in [0.4, 0.5) is 5.69 Å². The van der Waals surface area contributed by atoms with E-state index in [9.17, 15) is 5.11 Å². The molecule has 1 aliphatic heterocycles. The number of aromatic hydroxyl groups is 1. The topological polar surface area (TPSA) is 23.5 Å². The molecule has 0 unspecified atom stereocenters. The second kappa shape index (κ2) is 2.16. The number of para-hydroxylation sites is 1. The predicted octanol–water partition coefficient (Wildman–Crippen LogP) is 1.38. The Bertz CT molecular complexity index is 283. The normalized spacial score (nSPS) is 15.2. The fourth-order valence-corrected chi connectivity index (χ4v) is 1.62. The molecule has 0 amide bonds. The molecule has 0 saturated heterocycles. The van der Waals surface area contributed by atoms with Crippen molar-refractivity contribution in [3.8, 4) is 5.75 Å². The van der Waals surface area contributed by atoms with Gasteiger partial charge < -0.3 is 10.0 Å². The molecule has 1 aliphatic rings. The summed E-state index contributed by atoms with van der Waals surface area (Å²) in [7, 11) is 2.01. The third-order valence-corrected chi connectivity index (χ3v) is 2.20. The molecule has 1 heterocycles.